The highest BCUT2D eigenvalue weighted by atomic mass is 15.2. The summed E-state index contributed by atoms with van der Waals surface area (Å²) >= 11 is 0. The highest BCUT2D eigenvalue weighted by molar-refractivity contribution is 4.83. The average Bonchev–Trinajstić information content (AvgIpc) is 1.95. The van der Waals surface area contributed by atoms with E-state index in [2.05, 4.69) is 33.1 Å². The second kappa shape index (κ2) is 5.31. The van der Waals surface area contributed by atoms with E-state index in [0.29, 0.717) is 11.5 Å². The molecule has 2 nitrogen and oxygen atoms in total. The normalized spacial score (nSPS) is 22.2. The molecule has 3 N–H and O–H groups in total. The Bertz CT molecular complexity index is 179. The molecule has 90 valence electrons. The van der Waals surface area contributed by atoms with E-state index < -0.39 is 0 Å². The maximum absolute atomic E-state index is 5.65. The lowest BCUT2D eigenvalue weighted by Crippen LogP contribution is -2.44. The van der Waals surface area contributed by atoms with Crippen molar-refractivity contribution in [1.29, 1.82) is 0 Å². The zero-order valence-corrected chi connectivity index (χ0v) is 10.8. The lowest BCUT2D eigenvalue weighted by atomic mass is 9.75. The largest absolute Gasteiger partial charge is 0.271 e. The fourth-order valence-electron chi connectivity index (χ4n) is 2.80. The van der Waals surface area contributed by atoms with Gasteiger partial charge in [-0.05, 0) is 42.9 Å². The van der Waals surface area contributed by atoms with Gasteiger partial charge in [-0.2, -0.15) is 0 Å². The molecule has 1 fully saturated rings. The minimum atomic E-state index is 0.443. The Morgan fingerprint density at radius 1 is 1.33 bits per heavy atom. The van der Waals surface area contributed by atoms with Crippen molar-refractivity contribution in [3.8, 4) is 0 Å². The van der Waals surface area contributed by atoms with Crippen molar-refractivity contribution in [1.82, 2.24) is 5.43 Å². The fraction of sp³-hybridized carbons (Fsp3) is 1.00. The standard InChI is InChI=1S/C13H28N2/c1-10(9-13(2,3)4)8-12(15-14)11-6-5-7-11/h10-12,15H,5-9,14H2,1-4H3. The lowest BCUT2D eigenvalue weighted by molar-refractivity contribution is 0.186. The summed E-state index contributed by atoms with van der Waals surface area (Å²) < 4.78 is 0. The van der Waals surface area contributed by atoms with Gasteiger partial charge in [0.15, 0.2) is 0 Å². The van der Waals surface area contributed by atoms with Gasteiger partial charge in [0.25, 0.3) is 0 Å². The van der Waals surface area contributed by atoms with Gasteiger partial charge < -0.3 is 0 Å². The van der Waals surface area contributed by atoms with E-state index in [1.807, 2.05) is 0 Å². The Morgan fingerprint density at radius 2 is 1.93 bits per heavy atom. The van der Waals surface area contributed by atoms with E-state index in [1.54, 1.807) is 0 Å². The third kappa shape index (κ3) is 4.52. The van der Waals surface area contributed by atoms with Crippen LogP contribution in [-0.2, 0) is 0 Å². The molecule has 0 aromatic carbocycles. The molecular weight excluding hydrogens is 184 g/mol. The van der Waals surface area contributed by atoms with E-state index in [-0.39, 0.29) is 0 Å². The summed E-state index contributed by atoms with van der Waals surface area (Å²) in [5.41, 5.74) is 3.46. The second-order valence-electron chi connectivity index (χ2n) is 6.57. The predicted molar refractivity (Wildman–Crippen MR) is 66.3 cm³/mol. The summed E-state index contributed by atoms with van der Waals surface area (Å²) in [5, 5.41) is 0. The van der Waals surface area contributed by atoms with Crippen molar-refractivity contribution in [2.24, 2.45) is 23.1 Å². The molecule has 1 aliphatic carbocycles. The molecule has 15 heavy (non-hydrogen) atoms. The minimum Gasteiger partial charge on any atom is -0.271 e. The van der Waals surface area contributed by atoms with Gasteiger partial charge in [-0.3, -0.25) is 11.3 Å². The molecular formula is C13H28N2. The lowest BCUT2D eigenvalue weighted by Gasteiger charge is -2.35. The smallest absolute Gasteiger partial charge is 0.0241 e. The Balaban J connectivity index is 2.30. The zero-order valence-electron chi connectivity index (χ0n) is 10.8. The zero-order chi connectivity index (χ0) is 11.5. The van der Waals surface area contributed by atoms with Crippen LogP contribution >= 0.6 is 0 Å². The van der Waals surface area contributed by atoms with E-state index in [4.69, 9.17) is 5.84 Å². The summed E-state index contributed by atoms with van der Waals surface area (Å²) in [6.07, 6.45) is 6.67. The Kier molecular flexibility index (Phi) is 4.60. The molecule has 0 radical (unpaired) electrons. The third-order valence-electron chi connectivity index (χ3n) is 3.55. The van der Waals surface area contributed by atoms with Crippen LogP contribution < -0.4 is 11.3 Å². The fourth-order valence-corrected chi connectivity index (χ4v) is 2.80. The molecule has 0 amide bonds. The maximum Gasteiger partial charge on any atom is 0.0241 e. The van der Waals surface area contributed by atoms with Gasteiger partial charge in [0.05, 0.1) is 0 Å². The first-order valence-corrected chi connectivity index (χ1v) is 6.38. The molecule has 0 bridgehead atoms. The molecule has 0 spiro atoms. The molecule has 0 saturated heterocycles. The molecule has 0 aliphatic heterocycles. The highest BCUT2D eigenvalue weighted by Gasteiger charge is 2.28. The van der Waals surface area contributed by atoms with Gasteiger partial charge in [-0.15, -0.1) is 0 Å². The van der Waals surface area contributed by atoms with Crippen molar-refractivity contribution in [3.05, 3.63) is 0 Å². The molecule has 2 heteroatoms. The van der Waals surface area contributed by atoms with Gasteiger partial charge in [0, 0.05) is 6.04 Å². The molecule has 0 aromatic rings. The highest BCUT2D eigenvalue weighted by Crippen LogP contribution is 2.34. The van der Waals surface area contributed by atoms with Crippen LogP contribution in [0, 0.1) is 17.3 Å². The topological polar surface area (TPSA) is 38.0 Å². The van der Waals surface area contributed by atoms with E-state index in [0.717, 1.165) is 11.8 Å². The van der Waals surface area contributed by atoms with Crippen molar-refractivity contribution < 1.29 is 0 Å². The number of hydrogen-bond donors (Lipinski definition) is 2. The monoisotopic (exact) mass is 212 g/mol. The molecule has 0 aromatic heterocycles. The first-order valence-electron chi connectivity index (χ1n) is 6.38. The molecule has 1 rings (SSSR count). The first-order chi connectivity index (χ1) is 6.92. The Labute approximate surface area is 95.0 Å². The minimum absolute atomic E-state index is 0.443. The number of nitrogens with two attached hydrogens (primary N) is 1. The van der Waals surface area contributed by atoms with Gasteiger partial charge in [0.1, 0.15) is 0 Å². The van der Waals surface area contributed by atoms with Crippen LogP contribution in [0.3, 0.4) is 0 Å². The van der Waals surface area contributed by atoms with E-state index >= 15 is 0 Å². The predicted octanol–water partition coefficient (Wildman–Crippen LogP) is 3.08. The second-order valence-corrected chi connectivity index (χ2v) is 6.57. The van der Waals surface area contributed by atoms with Crippen molar-refractivity contribution >= 4 is 0 Å². The van der Waals surface area contributed by atoms with Crippen LogP contribution in [0.25, 0.3) is 0 Å². The van der Waals surface area contributed by atoms with E-state index in [9.17, 15) is 0 Å². The average molecular weight is 212 g/mol. The first kappa shape index (κ1) is 13.0. The molecule has 0 heterocycles. The van der Waals surface area contributed by atoms with Crippen molar-refractivity contribution in [2.45, 2.75) is 65.8 Å². The summed E-state index contributed by atoms with van der Waals surface area (Å²) in [6, 6.07) is 0.552. The van der Waals surface area contributed by atoms with Gasteiger partial charge in [-0.25, -0.2) is 0 Å². The van der Waals surface area contributed by atoms with Crippen LogP contribution in [0.2, 0.25) is 0 Å². The SMILES string of the molecule is CC(CC(NN)C1CCC1)CC(C)(C)C. The molecule has 1 saturated carbocycles. The Morgan fingerprint density at radius 3 is 2.27 bits per heavy atom. The van der Waals surface area contributed by atoms with Gasteiger partial charge in [-0.1, -0.05) is 34.1 Å². The maximum atomic E-state index is 5.65. The van der Waals surface area contributed by atoms with E-state index in [1.165, 1.54) is 32.1 Å². The van der Waals surface area contributed by atoms with Crippen LogP contribution in [0.5, 0.6) is 0 Å². The quantitative estimate of drug-likeness (QED) is 0.543. The number of nitrogens with one attached hydrogen (secondary N) is 1. The third-order valence-corrected chi connectivity index (χ3v) is 3.55. The Hall–Kier alpha value is -0.0800. The molecule has 1 aliphatic rings. The molecule has 2 unspecified atom stereocenters. The van der Waals surface area contributed by atoms with Crippen molar-refractivity contribution in [2.75, 3.05) is 0 Å². The number of rotatable bonds is 5. The summed E-state index contributed by atoms with van der Waals surface area (Å²) in [4.78, 5) is 0. The van der Waals surface area contributed by atoms with Crippen molar-refractivity contribution in [3.63, 3.8) is 0 Å². The molecule has 2 atom stereocenters. The summed E-state index contributed by atoms with van der Waals surface area (Å²) in [7, 11) is 0. The van der Waals surface area contributed by atoms with Crippen LogP contribution in [0.1, 0.15) is 59.8 Å². The summed E-state index contributed by atoms with van der Waals surface area (Å²) in [5.74, 6) is 7.26. The number of hydrogen-bond acceptors (Lipinski definition) is 2. The van der Waals surface area contributed by atoms with Crippen LogP contribution in [0.15, 0.2) is 0 Å². The number of hydrazine groups is 1. The summed E-state index contributed by atoms with van der Waals surface area (Å²) in [6.45, 7) is 9.31. The van der Waals surface area contributed by atoms with Gasteiger partial charge in [0.2, 0.25) is 0 Å². The van der Waals surface area contributed by atoms with Crippen LogP contribution in [-0.4, -0.2) is 6.04 Å². The van der Waals surface area contributed by atoms with Crippen LogP contribution in [0.4, 0.5) is 0 Å². The van der Waals surface area contributed by atoms with Gasteiger partial charge >= 0.3 is 0 Å².